The number of benzene rings is 1. The van der Waals surface area contributed by atoms with E-state index in [1.54, 1.807) is 22.6 Å². The summed E-state index contributed by atoms with van der Waals surface area (Å²) in [5.74, 6) is -0.955. The maximum atomic E-state index is 14.0. The second kappa shape index (κ2) is 8.01. The first-order valence-electron chi connectivity index (χ1n) is 12.0. The average molecular weight is 468 g/mol. The van der Waals surface area contributed by atoms with Gasteiger partial charge in [0.05, 0.1) is 48.0 Å². The van der Waals surface area contributed by atoms with Gasteiger partial charge in [0.15, 0.2) is 0 Å². The van der Waals surface area contributed by atoms with Gasteiger partial charge in [-0.2, -0.15) is 10.2 Å². The molecular weight excluding hydrogens is 440 g/mol. The Hall–Kier alpha value is -3.07. The molecule has 2 bridgehead atoms. The van der Waals surface area contributed by atoms with Crippen LogP contribution in [0.2, 0.25) is 0 Å². The van der Waals surface area contributed by atoms with E-state index in [2.05, 4.69) is 5.10 Å². The van der Waals surface area contributed by atoms with Crippen LogP contribution >= 0.6 is 0 Å². The molecule has 178 valence electrons. The number of piperidine rings is 1. The quantitative estimate of drug-likeness (QED) is 0.621. The number of hydrogen-bond acceptors (Lipinski definition) is 4. The first-order chi connectivity index (χ1) is 16.5. The second-order valence-electron chi connectivity index (χ2n) is 9.68. The van der Waals surface area contributed by atoms with Crippen LogP contribution in [0.5, 0.6) is 0 Å². The molecule has 2 fully saturated rings. The van der Waals surface area contributed by atoms with E-state index < -0.39 is 11.6 Å². The number of nitrogens with zero attached hydrogens (tertiary/aromatic N) is 5. The van der Waals surface area contributed by atoms with Crippen LogP contribution in [0.1, 0.15) is 71.4 Å². The summed E-state index contributed by atoms with van der Waals surface area (Å²) in [6.45, 7) is 0.356. The van der Waals surface area contributed by atoms with Crippen LogP contribution in [0, 0.1) is 11.6 Å². The summed E-state index contributed by atoms with van der Waals surface area (Å²) in [7, 11) is 1.79. The number of halogens is 2. The minimum absolute atomic E-state index is 0.00616. The standard InChI is InChI=1S/C25H27F2N5O2/c1-30-23(15-9-16(26)11-17(27)10-15)19-12-18-3-2-4-21(22(19)29-30)32(18)25(34)20-13-28-31(7-8-33)24(20)14-5-6-14/h9-11,13-14,18,21,33H,2-8,12H2,1H3. The van der Waals surface area contributed by atoms with Gasteiger partial charge in [0.1, 0.15) is 11.6 Å². The lowest BCUT2D eigenvalue weighted by Gasteiger charge is -2.45. The Kier molecular flexibility index (Phi) is 5.05. The number of rotatable bonds is 5. The van der Waals surface area contributed by atoms with Crippen LogP contribution in [0.15, 0.2) is 24.4 Å². The predicted molar refractivity (Wildman–Crippen MR) is 120 cm³/mol. The Morgan fingerprint density at radius 2 is 1.91 bits per heavy atom. The average Bonchev–Trinajstić information content (AvgIpc) is 3.46. The molecule has 7 nitrogen and oxygen atoms in total. The molecule has 3 aromatic rings. The van der Waals surface area contributed by atoms with Crippen molar-refractivity contribution in [1.82, 2.24) is 24.5 Å². The molecule has 1 N–H and O–H groups in total. The van der Waals surface area contributed by atoms with Gasteiger partial charge in [-0.1, -0.05) is 0 Å². The molecule has 9 heteroatoms. The lowest BCUT2D eigenvalue weighted by molar-refractivity contribution is 0.0390. The van der Waals surface area contributed by atoms with Crippen molar-refractivity contribution in [2.24, 2.45) is 7.05 Å². The number of aliphatic hydroxyl groups excluding tert-OH is 1. The van der Waals surface area contributed by atoms with Crippen molar-refractivity contribution in [3.05, 3.63) is 58.5 Å². The Morgan fingerprint density at radius 3 is 2.62 bits per heavy atom. The smallest absolute Gasteiger partial charge is 0.258 e. The second-order valence-corrected chi connectivity index (χ2v) is 9.68. The molecule has 3 aliphatic rings. The zero-order valence-corrected chi connectivity index (χ0v) is 19.0. The molecule has 4 heterocycles. The van der Waals surface area contributed by atoms with Crippen LogP contribution in [0.25, 0.3) is 11.3 Å². The monoisotopic (exact) mass is 467 g/mol. The van der Waals surface area contributed by atoms with Crippen molar-refractivity contribution in [1.29, 1.82) is 0 Å². The predicted octanol–water partition coefficient (Wildman–Crippen LogP) is 3.72. The van der Waals surface area contributed by atoms with Gasteiger partial charge < -0.3 is 10.0 Å². The van der Waals surface area contributed by atoms with E-state index >= 15 is 0 Å². The maximum Gasteiger partial charge on any atom is 0.258 e. The fourth-order valence-electron chi connectivity index (χ4n) is 5.96. The van der Waals surface area contributed by atoms with E-state index in [0.29, 0.717) is 35.7 Å². The number of aromatic nitrogens is 4. The fourth-order valence-corrected chi connectivity index (χ4v) is 5.96. The highest BCUT2D eigenvalue weighted by Crippen LogP contribution is 2.47. The van der Waals surface area contributed by atoms with Crippen LogP contribution in [-0.4, -0.2) is 48.1 Å². The van der Waals surface area contributed by atoms with Gasteiger partial charge in [0.25, 0.3) is 5.91 Å². The number of carbonyl (C=O) groups is 1. The van der Waals surface area contributed by atoms with Crippen molar-refractivity contribution in [2.45, 2.75) is 63.1 Å². The van der Waals surface area contributed by atoms with Crippen LogP contribution < -0.4 is 0 Å². The van der Waals surface area contributed by atoms with Gasteiger partial charge in [-0.15, -0.1) is 0 Å². The van der Waals surface area contributed by atoms with Gasteiger partial charge in [0, 0.05) is 36.2 Å². The third kappa shape index (κ3) is 3.36. The molecule has 1 aliphatic carbocycles. The van der Waals surface area contributed by atoms with E-state index in [1.165, 1.54) is 12.1 Å². The summed E-state index contributed by atoms with van der Waals surface area (Å²) in [4.78, 5) is 15.9. The van der Waals surface area contributed by atoms with Gasteiger partial charge in [0.2, 0.25) is 0 Å². The number of carbonyl (C=O) groups excluding carboxylic acids is 1. The molecule has 1 aromatic carbocycles. The summed E-state index contributed by atoms with van der Waals surface area (Å²) in [5, 5.41) is 18.6. The highest BCUT2D eigenvalue weighted by molar-refractivity contribution is 5.96. The highest BCUT2D eigenvalue weighted by Gasteiger charge is 2.45. The molecule has 1 saturated heterocycles. The fraction of sp³-hybridized carbons (Fsp3) is 0.480. The summed E-state index contributed by atoms with van der Waals surface area (Å²) in [6, 6.07) is 3.36. The lowest BCUT2D eigenvalue weighted by atomic mass is 9.81. The van der Waals surface area contributed by atoms with E-state index in [9.17, 15) is 18.7 Å². The van der Waals surface area contributed by atoms with Crippen LogP contribution in [-0.2, 0) is 20.0 Å². The molecule has 34 heavy (non-hydrogen) atoms. The van der Waals surface area contributed by atoms with Crippen molar-refractivity contribution in [3.63, 3.8) is 0 Å². The van der Waals surface area contributed by atoms with Gasteiger partial charge >= 0.3 is 0 Å². The zero-order chi connectivity index (χ0) is 23.6. The summed E-state index contributed by atoms with van der Waals surface area (Å²) < 4.78 is 31.4. The largest absolute Gasteiger partial charge is 0.394 e. The van der Waals surface area contributed by atoms with Crippen molar-refractivity contribution in [3.8, 4) is 11.3 Å². The molecule has 2 unspecified atom stereocenters. The minimum Gasteiger partial charge on any atom is -0.394 e. The Morgan fingerprint density at radius 1 is 1.15 bits per heavy atom. The first-order valence-corrected chi connectivity index (χ1v) is 12.0. The molecule has 2 aliphatic heterocycles. The molecule has 1 saturated carbocycles. The van der Waals surface area contributed by atoms with E-state index in [4.69, 9.17) is 5.10 Å². The third-order valence-electron chi connectivity index (χ3n) is 7.43. The molecule has 0 spiro atoms. The van der Waals surface area contributed by atoms with Crippen molar-refractivity contribution in [2.75, 3.05) is 6.61 Å². The van der Waals surface area contributed by atoms with Crippen molar-refractivity contribution >= 4 is 5.91 Å². The van der Waals surface area contributed by atoms with Crippen molar-refractivity contribution < 1.29 is 18.7 Å². The van der Waals surface area contributed by atoms with Crippen LogP contribution in [0.3, 0.4) is 0 Å². The Balaban J connectivity index is 1.41. The lowest BCUT2D eigenvalue weighted by Crippen LogP contribution is -2.50. The van der Waals surface area contributed by atoms with Crippen LogP contribution in [0.4, 0.5) is 8.78 Å². The minimum atomic E-state index is -0.620. The molecule has 2 atom stereocenters. The number of fused-ring (bicyclic) bond motifs is 4. The molecule has 1 amide bonds. The maximum absolute atomic E-state index is 14.0. The van der Waals surface area contributed by atoms with E-state index in [-0.39, 0.29) is 24.6 Å². The Labute approximate surface area is 196 Å². The molecular formula is C25H27F2N5O2. The van der Waals surface area contributed by atoms with Gasteiger partial charge in [-0.3, -0.25) is 14.2 Å². The highest BCUT2D eigenvalue weighted by atomic mass is 19.1. The number of amides is 1. The molecule has 6 rings (SSSR count). The van der Waals surface area contributed by atoms with Gasteiger partial charge in [-0.05, 0) is 50.7 Å². The van der Waals surface area contributed by atoms with E-state index in [1.807, 2.05) is 4.90 Å². The number of aryl methyl sites for hydroxylation is 1. The number of hydrogen-bond donors (Lipinski definition) is 1. The summed E-state index contributed by atoms with van der Waals surface area (Å²) in [6.07, 6.45) is 6.98. The number of aliphatic hydroxyl groups is 1. The SMILES string of the molecule is Cn1nc2c(c1-c1cc(F)cc(F)c1)CC1CCCC2N1C(=O)c1cnn(CCO)c1C1CC1. The normalized spacial score (nSPS) is 21.6. The first kappa shape index (κ1) is 21.5. The zero-order valence-electron chi connectivity index (χ0n) is 19.0. The Bertz CT molecular complexity index is 1260. The summed E-state index contributed by atoms with van der Waals surface area (Å²) in [5.41, 5.74) is 4.53. The summed E-state index contributed by atoms with van der Waals surface area (Å²) >= 11 is 0. The van der Waals surface area contributed by atoms with E-state index in [0.717, 1.165) is 55.1 Å². The third-order valence-corrected chi connectivity index (χ3v) is 7.43. The molecule has 2 aromatic heterocycles. The topological polar surface area (TPSA) is 76.2 Å². The molecule has 0 radical (unpaired) electrons. The van der Waals surface area contributed by atoms with Gasteiger partial charge in [-0.25, -0.2) is 8.78 Å².